The van der Waals surface area contributed by atoms with Gasteiger partial charge in [0.2, 0.25) is 10.0 Å². The van der Waals surface area contributed by atoms with E-state index in [1.807, 2.05) is 13.8 Å². The molecule has 0 aromatic rings. The second-order valence-electron chi connectivity index (χ2n) is 4.81. The fraction of sp³-hybridized carbons (Fsp3) is 0.900. The number of rotatable bonds is 5. The summed E-state index contributed by atoms with van der Waals surface area (Å²) in [6.07, 6.45) is -0.428. The quantitative estimate of drug-likeness (QED) is 0.722. The molecular formula is C10H19NO5S. The van der Waals surface area contributed by atoms with Crippen molar-refractivity contribution in [3.05, 3.63) is 0 Å². The predicted molar refractivity (Wildman–Crippen MR) is 62.0 cm³/mol. The van der Waals surface area contributed by atoms with Gasteiger partial charge in [-0.15, -0.1) is 0 Å². The summed E-state index contributed by atoms with van der Waals surface area (Å²) in [6.45, 7) is 3.70. The van der Waals surface area contributed by atoms with Crippen LogP contribution in [0.25, 0.3) is 0 Å². The Kier molecular flexibility index (Phi) is 4.51. The minimum Gasteiger partial charge on any atom is -0.480 e. The number of sulfonamides is 1. The largest absolute Gasteiger partial charge is 0.480 e. The van der Waals surface area contributed by atoms with Crippen molar-refractivity contribution in [1.29, 1.82) is 0 Å². The van der Waals surface area contributed by atoms with Crippen molar-refractivity contribution in [3.8, 4) is 0 Å². The second-order valence-corrected chi connectivity index (χ2v) is 6.85. The van der Waals surface area contributed by atoms with Gasteiger partial charge in [0, 0.05) is 13.0 Å². The molecule has 0 aromatic carbocycles. The lowest BCUT2D eigenvalue weighted by Gasteiger charge is -2.21. The molecule has 17 heavy (non-hydrogen) atoms. The number of aliphatic hydroxyl groups is 1. The number of hydrogen-bond donors (Lipinski definition) is 2. The maximum absolute atomic E-state index is 11.9. The lowest BCUT2D eigenvalue weighted by molar-refractivity contribution is -0.140. The Bertz CT molecular complexity index is 378. The van der Waals surface area contributed by atoms with Gasteiger partial charge in [-0.05, 0) is 12.3 Å². The topological polar surface area (TPSA) is 94.9 Å². The fourth-order valence-electron chi connectivity index (χ4n) is 1.82. The molecule has 0 radical (unpaired) electrons. The van der Waals surface area contributed by atoms with Crippen LogP contribution in [0.3, 0.4) is 0 Å². The molecule has 1 rings (SSSR count). The highest BCUT2D eigenvalue weighted by molar-refractivity contribution is 7.89. The zero-order chi connectivity index (χ0) is 13.2. The molecule has 2 N–H and O–H groups in total. The van der Waals surface area contributed by atoms with Gasteiger partial charge in [-0.2, -0.15) is 4.31 Å². The van der Waals surface area contributed by atoms with Gasteiger partial charge in [0.1, 0.15) is 6.04 Å². The molecule has 100 valence electrons. The van der Waals surface area contributed by atoms with Crippen LogP contribution in [-0.4, -0.2) is 53.3 Å². The van der Waals surface area contributed by atoms with Crippen molar-refractivity contribution in [1.82, 2.24) is 4.31 Å². The molecule has 1 heterocycles. The molecule has 7 heteroatoms. The summed E-state index contributed by atoms with van der Waals surface area (Å²) in [7, 11) is -3.59. The first-order chi connectivity index (χ1) is 7.74. The molecule has 0 aliphatic carbocycles. The lowest BCUT2D eigenvalue weighted by Crippen LogP contribution is -2.41. The van der Waals surface area contributed by atoms with E-state index < -0.39 is 28.1 Å². The molecule has 2 atom stereocenters. The number of β-amino-alcohol motifs (C(OH)–C–C–N with tert-alkyl or cyclic N) is 1. The Balaban J connectivity index is 2.79. The van der Waals surface area contributed by atoms with Gasteiger partial charge in [0.15, 0.2) is 0 Å². The maximum atomic E-state index is 11.9. The molecule has 2 unspecified atom stereocenters. The van der Waals surface area contributed by atoms with Gasteiger partial charge in [-0.3, -0.25) is 4.79 Å². The van der Waals surface area contributed by atoms with E-state index in [9.17, 15) is 18.3 Å². The smallest absolute Gasteiger partial charge is 0.322 e. The molecule has 0 aromatic heterocycles. The van der Waals surface area contributed by atoms with E-state index in [1.54, 1.807) is 0 Å². The molecule has 1 aliphatic heterocycles. The van der Waals surface area contributed by atoms with Crippen LogP contribution in [0, 0.1) is 5.92 Å². The minimum atomic E-state index is -3.59. The summed E-state index contributed by atoms with van der Waals surface area (Å²) in [5.74, 6) is -1.03. The normalized spacial score (nSPS) is 26.6. The van der Waals surface area contributed by atoms with Crippen LogP contribution < -0.4 is 0 Å². The molecule has 6 nitrogen and oxygen atoms in total. The first kappa shape index (κ1) is 14.4. The number of aliphatic carboxylic acids is 1. The maximum Gasteiger partial charge on any atom is 0.322 e. The van der Waals surface area contributed by atoms with Gasteiger partial charge >= 0.3 is 5.97 Å². The molecular weight excluding hydrogens is 246 g/mol. The van der Waals surface area contributed by atoms with Crippen molar-refractivity contribution >= 4 is 16.0 Å². The molecule has 0 saturated carbocycles. The molecule has 1 saturated heterocycles. The van der Waals surface area contributed by atoms with Crippen molar-refractivity contribution in [2.75, 3.05) is 12.3 Å². The van der Waals surface area contributed by atoms with Crippen LogP contribution >= 0.6 is 0 Å². The van der Waals surface area contributed by atoms with Crippen molar-refractivity contribution in [2.24, 2.45) is 5.92 Å². The number of aliphatic hydroxyl groups excluding tert-OH is 1. The third kappa shape index (κ3) is 3.65. The fourth-order valence-corrected chi connectivity index (χ4v) is 3.79. The molecule has 1 aliphatic rings. The van der Waals surface area contributed by atoms with E-state index in [4.69, 9.17) is 5.11 Å². The van der Waals surface area contributed by atoms with E-state index in [2.05, 4.69) is 0 Å². The summed E-state index contributed by atoms with van der Waals surface area (Å²) in [5, 5.41) is 18.3. The van der Waals surface area contributed by atoms with E-state index in [0.29, 0.717) is 6.42 Å². The van der Waals surface area contributed by atoms with Crippen molar-refractivity contribution in [2.45, 2.75) is 38.8 Å². The van der Waals surface area contributed by atoms with Gasteiger partial charge < -0.3 is 10.2 Å². The highest BCUT2D eigenvalue weighted by atomic mass is 32.2. The molecule has 0 bridgehead atoms. The average Bonchev–Trinajstić information content (AvgIpc) is 2.58. The molecule has 0 spiro atoms. The molecule has 0 amide bonds. The highest BCUT2D eigenvalue weighted by Gasteiger charge is 2.42. The summed E-state index contributed by atoms with van der Waals surface area (Å²) >= 11 is 0. The predicted octanol–water partition coefficient (Wildman–Crippen LogP) is -0.118. The van der Waals surface area contributed by atoms with Crippen LogP contribution in [0.1, 0.15) is 26.7 Å². The van der Waals surface area contributed by atoms with Crippen LogP contribution in [0.4, 0.5) is 0 Å². The van der Waals surface area contributed by atoms with Gasteiger partial charge in [0.05, 0.1) is 11.9 Å². The summed E-state index contributed by atoms with van der Waals surface area (Å²) in [5.41, 5.74) is 0. The first-order valence-corrected chi connectivity index (χ1v) is 7.25. The van der Waals surface area contributed by atoms with Crippen LogP contribution in [0.5, 0.6) is 0 Å². The SMILES string of the molecule is CC(C)CCS(=O)(=O)N1CC(O)CC1C(=O)O. The zero-order valence-corrected chi connectivity index (χ0v) is 10.9. The van der Waals surface area contributed by atoms with Crippen LogP contribution in [0.2, 0.25) is 0 Å². The van der Waals surface area contributed by atoms with Crippen molar-refractivity contribution < 1.29 is 23.4 Å². The summed E-state index contributed by atoms with van der Waals surface area (Å²) < 4.78 is 24.8. The Morgan fingerprint density at radius 3 is 2.53 bits per heavy atom. The number of carboxylic acids is 1. The van der Waals surface area contributed by atoms with Gasteiger partial charge in [0.25, 0.3) is 0 Å². The Labute approximate surface area is 101 Å². The Morgan fingerprint density at radius 1 is 1.47 bits per heavy atom. The van der Waals surface area contributed by atoms with Crippen molar-refractivity contribution in [3.63, 3.8) is 0 Å². The third-order valence-electron chi connectivity index (χ3n) is 2.83. The highest BCUT2D eigenvalue weighted by Crippen LogP contribution is 2.23. The van der Waals surface area contributed by atoms with E-state index in [0.717, 1.165) is 4.31 Å². The lowest BCUT2D eigenvalue weighted by atomic mass is 10.2. The summed E-state index contributed by atoms with van der Waals surface area (Å²) in [4.78, 5) is 10.9. The van der Waals surface area contributed by atoms with Gasteiger partial charge in [-0.25, -0.2) is 8.42 Å². The molecule has 1 fully saturated rings. The summed E-state index contributed by atoms with van der Waals surface area (Å²) in [6, 6.07) is -1.12. The Hall–Kier alpha value is -0.660. The van der Waals surface area contributed by atoms with Crippen LogP contribution in [0.15, 0.2) is 0 Å². The van der Waals surface area contributed by atoms with E-state index in [-0.39, 0.29) is 24.6 Å². The third-order valence-corrected chi connectivity index (χ3v) is 4.70. The zero-order valence-electron chi connectivity index (χ0n) is 10.0. The number of nitrogens with zero attached hydrogens (tertiary/aromatic N) is 1. The van der Waals surface area contributed by atoms with E-state index >= 15 is 0 Å². The number of carboxylic acid groups (broad SMARTS) is 1. The van der Waals surface area contributed by atoms with E-state index in [1.165, 1.54) is 0 Å². The van der Waals surface area contributed by atoms with Gasteiger partial charge in [-0.1, -0.05) is 13.8 Å². The minimum absolute atomic E-state index is 0.0315. The Morgan fingerprint density at radius 2 is 2.06 bits per heavy atom. The standard InChI is InChI=1S/C10H19NO5S/c1-7(2)3-4-17(15,16)11-6-8(12)5-9(11)10(13)14/h7-9,12H,3-6H2,1-2H3,(H,13,14). The second kappa shape index (κ2) is 5.32. The average molecular weight is 265 g/mol. The first-order valence-electron chi connectivity index (χ1n) is 5.64. The number of hydrogen-bond acceptors (Lipinski definition) is 4. The number of carbonyl (C=O) groups is 1. The van der Waals surface area contributed by atoms with Crippen LogP contribution in [-0.2, 0) is 14.8 Å². The monoisotopic (exact) mass is 265 g/mol.